The lowest BCUT2D eigenvalue weighted by molar-refractivity contribution is 0.361. The maximum Gasteiger partial charge on any atom is 0.336 e. The Kier molecular flexibility index (Phi) is 4.61. The molecule has 1 heterocycles. The minimum Gasteiger partial charge on any atom is -0.489 e. The zero-order valence-electron chi connectivity index (χ0n) is 12.2. The third kappa shape index (κ3) is 3.50. The monoisotopic (exact) mass is 272 g/mol. The molecule has 0 aliphatic carbocycles. The van der Waals surface area contributed by atoms with E-state index in [0.29, 0.717) is 17.9 Å². The molecule has 0 N–H and O–H groups in total. The molecule has 0 fully saturated rings. The van der Waals surface area contributed by atoms with E-state index in [9.17, 15) is 4.79 Å². The van der Waals surface area contributed by atoms with Crippen molar-refractivity contribution in [2.24, 2.45) is 0 Å². The van der Waals surface area contributed by atoms with Gasteiger partial charge in [0.1, 0.15) is 17.9 Å². The second-order valence-corrected chi connectivity index (χ2v) is 5.09. The van der Waals surface area contributed by atoms with Crippen LogP contribution in [0.1, 0.15) is 32.8 Å². The quantitative estimate of drug-likeness (QED) is 0.608. The molecule has 3 nitrogen and oxygen atoms in total. The summed E-state index contributed by atoms with van der Waals surface area (Å²) in [7, 11) is 0. The Hall–Kier alpha value is -2.03. The summed E-state index contributed by atoms with van der Waals surface area (Å²) in [5.74, 6) is 0.715. The normalized spacial score (nSPS) is 10.6. The van der Waals surface area contributed by atoms with Crippen LogP contribution in [0.3, 0.4) is 0 Å². The average molecular weight is 272 g/mol. The first kappa shape index (κ1) is 14.4. The molecule has 0 saturated heterocycles. The van der Waals surface area contributed by atoms with Crippen LogP contribution in [0.5, 0.6) is 5.75 Å². The van der Waals surface area contributed by atoms with Crippen LogP contribution in [0.2, 0.25) is 0 Å². The van der Waals surface area contributed by atoms with Crippen molar-refractivity contribution in [2.45, 2.75) is 33.6 Å². The summed E-state index contributed by atoms with van der Waals surface area (Å²) in [6.07, 6.45) is 3.88. The van der Waals surface area contributed by atoms with Gasteiger partial charge in [-0.15, -0.1) is 0 Å². The van der Waals surface area contributed by atoms with Crippen molar-refractivity contribution in [3.63, 3.8) is 0 Å². The highest BCUT2D eigenvalue weighted by Crippen LogP contribution is 2.23. The van der Waals surface area contributed by atoms with Crippen LogP contribution < -0.4 is 10.4 Å². The highest BCUT2D eigenvalue weighted by molar-refractivity contribution is 5.81. The topological polar surface area (TPSA) is 39.4 Å². The van der Waals surface area contributed by atoms with Gasteiger partial charge in [-0.25, -0.2) is 4.79 Å². The van der Waals surface area contributed by atoms with Crippen LogP contribution in [0.4, 0.5) is 0 Å². The van der Waals surface area contributed by atoms with Crippen LogP contribution in [0.25, 0.3) is 11.0 Å². The Balaban J connectivity index is 2.34. The first-order chi connectivity index (χ1) is 9.60. The van der Waals surface area contributed by atoms with E-state index >= 15 is 0 Å². The van der Waals surface area contributed by atoms with Gasteiger partial charge in [-0.3, -0.25) is 0 Å². The minimum absolute atomic E-state index is 0.303. The highest BCUT2D eigenvalue weighted by Gasteiger charge is 2.06. The smallest absolute Gasteiger partial charge is 0.336 e. The molecule has 0 aliphatic heterocycles. The fraction of sp³-hybridized carbons (Fsp3) is 0.353. The molecule has 106 valence electrons. The molecule has 0 radical (unpaired) electrons. The van der Waals surface area contributed by atoms with Crippen LogP contribution in [-0.4, -0.2) is 6.61 Å². The van der Waals surface area contributed by atoms with Crippen molar-refractivity contribution >= 4 is 11.0 Å². The summed E-state index contributed by atoms with van der Waals surface area (Å²) in [6, 6.07) is 7.24. The van der Waals surface area contributed by atoms with Gasteiger partial charge in [0.2, 0.25) is 0 Å². The fourth-order valence-electron chi connectivity index (χ4n) is 2.08. The average Bonchev–Trinajstić information content (AvgIpc) is 2.38. The number of allylic oxidation sites excluding steroid dienone is 1. The lowest BCUT2D eigenvalue weighted by Crippen LogP contribution is -2.01. The molecule has 20 heavy (non-hydrogen) atoms. The van der Waals surface area contributed by atoms with Gasteiger partial charge in [0.05, 0.1) is 0 Å². The molecular weight excluding hydrogens is 252 g/mol. The Morgan fingerprint density at radius 3 is 2.80 bits per heavy atom. The number of hydrogen-bond acceptors (Lipinski definition) is 3. The van der Waals surface area contributed by atoms with Crippen molar-refractivity contribution in [2.75, 3.05) is 6.61 Å². The van der Waals surface area contributed by atoms with Crippen molar-refractivity contribution in [1.82, 2.24) is 0 Å². The lowest BCUT2D eigenvalue weighted by atomic mass is 10.1. The number of rotatable bonds is 5. The van der Waals surface area contributed by atoms with E-state index < -0.39 is 0 Å². The fourth-order valence-corrected chi connectivity index (χ4v) is 2.08. The molecule has 0 bridgehead atoms. The van der Waals surface area contributed by atoms with Gasteiger partial charge in [-0.05, 0) is 44.0 Å². The highest BCUT2D eigenvalue weighted by atomic mass is 16.5. The first-order valence-corrected chi connectivity index (χ1v) is 6.93. The zero-order valence-corrected chi connectivity index (χ0v) is 12.2. The molecule has 0 saturated carbocycles. The third-order valence-electron chi connectivity index (χ3n) is 3.06. The Labute approximate surface area is 118 Å². The Morgan fingerprint density at radius 2 is 2.10 bits per heavy atom. The van der Waals surface area contributed by atoms with Gasteiger partial charge in [-0.2, -0.15) is 0 Å². The Bertz CT molecular complexity index is 676. The summed E-state index contributed by atoms with van der Waals surface area (Å²) in [5, 5.41) is 0.987. The van der Waals surface area contributed by atoms with Crippen molar-refractivity contribution in [3.05, 3.63) is 51.9 Å². The van der Waals surface area contributed by atoms with Gasteiger partial charge in [0.25, 0.3) is 0 Å². The summed E-state index contributed by atoms with van der Waals surface area (Å²) < 4.78 is 10.9. The SMILES string of the molecule is CCCc1cc(=O)oc2cc(OCC=C(C)C)ccc12. The summed E-state index contributed by atoms with van der Waals surface area (Å²) in [4.78, 5) is 11.6. The Morgan fingerprint density at radius 1 is 1.30 bits per heavy atom. The van der Waals surface area contributed by atoms with E-state index in [1.54, 1.807) is 12.1 Å². The van der Waals surface area contributed by atoms with Gasteiger partial charge >= 0.3 is 5.63 Å². The molecule has 0 aliphatic rings. The molecule has 1 aromatic carbocycles. The van der Waals surface area contributed by atoms with Gasteiger partial charge in [-0.1, -0.05) is 18.9 Å². The van der Waals surface area contributed by atoms with E-state index in [1.165, 1.54) is 5.57 Å². The second-order valence-electron chi connectivity index (χ2n) is 5.09. The summed E-state index contributed by atoms with van der Waals surface area (Å²) >= 11 is 0. The third-order valence-corrected chi connectivity index (χ3v) is 3.06. The van der Waals surface area contributed by atoms with E-state index in [0.717, 1.165) is 23.8 Å². The van der Waals surface area contributed by atoms with Gasteiger partial charge in [0, 0.05) is 17.5 Å². The maximum absolute atomic E-state index is 11.6. The summed E-state index contributed by atoms with van der Waals surface area (Å²) in [6.45, 7) is 6.67. The van der Waals surface area contributed by atoms with Crippen LogP contribution in [0, 0.1) is 0 Å². The second kappa shape index (κ2) is 6.42. The first-order valence-electron chi connectivity index (χ1n) is 6.93. The van der Waals surface area contributed by atoms with Crippen molar-refractivity contribution in [1.29, 1.82) is 0 Å². The molecule has 0 amide bonds. The van der Waals surface area contributed by atoms with Gasteiger partial charge < -0.3 is 9.15 Å². The zero-order chi connectivity index (χ0) is 14.5. The van der Waals surface area contributed by atoms with E-state index in [1.807, 2.05) is 32.1 Å². The minimum atomic E-state index is -0.303. The van der Waals surface area contributed by atoms with E-state index in [4.69, 9.17) is 9.15 Å². The number of aryl methyl sites for hydroxylation is 1. The molecule has 3 heteroatoms. The predicted molar refractivity (Wildman–Crippen MR) is 81.4 cm³/mol. The molecular formula is C17H20O3. The van der Waals surface area contributed by atoms with Gasteiger partial charge in [0.15, 0.2) is 0 Å². The molecule has 0 spiro atoms. The van der Waals surface area contributed by atoms with Crippen LogP contribution in [-0.2, 0) is 6.42 Å². The molecule has 2 rings (SSSR count). The molecule has 0 unspecified atom stereocenters. The molecule has 2 aromatic rings. The molecule has 1 aromatic heterocycles. The number of fused-ring (bicyclic) bond motifs is 1. The van der Waals surface area contributed by atoms with Crippen molar-refractivity contribution < 1.29 is 9.15 Å². The lowest BCUT2D eigenvalue weighted by Gasteiger charge is -2.07. The predicted octanol–water partition coefficient (Wildman–Crippen LogP) is 4.09. The standard InChI is InChI=1S/C17H20O3/c1-4-5-13-10-17(18)20-16-11-14(6-7-15(13)16)19-9-8-12(2)3/h6-8,10-11H,4-5,9H2,1-3H3. The van der Waals surface area contributed by atoms with Crippen LogP contribution >= 0.6 is 0 Å². The largest absolute Gasteiger partial charge is 0.489 e. The summed E-state index contributed by atoms with van der Waals surface area (Å²) in [5.41, 5.74) is 2.54. The number of ether oxygens (including phenoxy) is 1. The van der Waals surface area contributed by atoms with E-state index in [-0.39, 0.29) is 5.63 Å². The van der Waals surface area contributed by atoms with Crippen molar-refractivity contribution in [3.8, 4) is 5.75 Å². The maximum atomic E-state index is 11.6. The number of hydrogen-bond donors (Lipinski definition) is 0. The number of benzene rings is 1. The van der Waals surface area contributed by atoms with Crippen LogP contribution in [0.15, 0.2) is 45.1 Å². The molecule has 0 atom stereocenters. The van der Waals surface area contributed by atoms with E-state index in [2.05, 4.69) is 6.92 Å².